The van der Waals surface area contributed by atoms with E-state index in [0.717, 1.165) is 30.6 Å². The number of carbonyl (C=O) groups is 4. The maximum Gasteiger partial charge on any atom is 0.342 e. The van der Waals surface area contributed by atoms with Gasteiger partial charge in [0.1, 0.15) is 11.3 Å². The fourth-order valence-electron chi connectivity index (χ4n) is 4.80. The smallest absolute Gasteiger partial charge is 0.342 e. The van der Waals surface area contributed by atoms with Crippen molar-refractivity contribution >= 4 is 23.7 Å². The number of benzene rings is 2. The minimum Gasteiger partial charge on any atom is -0.496 e. The number of methoxy groups -OCH3 is 1. The molecule has 0 N–H and O–H groups in total. The zero-order valence-corrected chi connectivity index (χ0v) is 20.3. The number of esters is 1. The van der Waals surface area contributed by atoms with Gasteiger partial charge < -0.3 is 14.4 Å². The summed E-state index contributed by atoms with van der Waals surface area (Å²) in [6.45, 7) is 4.30. The molecule has 2 aromatic carbocycles. The highest BCUT2D eigenvalue weighted by molar-refractivity contribution is 6.21. The number of hydrogen-bond donors (Lipinski definition) is 0. The standard InChI is InChI=1S/C27H30N2O6/c1-4-19-9-7-8-14-28(19)24(30)17(2)35-27(33)22-15-18(12-13-23(22)34-3)16-29-25(31)20-10-5-6-11-21(20)26(29)32/h5-6,10-13,15,17,19H,4,7-9,14,16H2,1-3H3. The number of hydrogen-bond acceptors (Lipinski definition) is 6. The molecule has 1 saturated heterocycles. The molecule has 2 aromatic rings. The Balaban J connectivity index is 1.50. The maximum atomic E-state index is 13.0. The van der Waals surface area contributed by atoms with Crippen molar-refractivity contribution in [3.8, 4) is 5.75 Å². The van der Waals surface area contributed by atoms with Gasteiger partial charge in [0.05, 0.1) is 24.8 Å². The number of ether oxygens (including phenoxy) is 2. The van der Waals surface area contributed by atoms with Gasteiger partial charge in [0, 0.05) is 12.6 Å². The average molecular weight is 479 g/mol. The zero-order chi connectivity index (χ0) is 25.1. The molecule has 3 amide bonds. The van der Waals surface area contributed by atoms with Crippen molar-refractivity contribution in [3.05, 3.63) is 64.7 Å². The van der Waals surface area contributed by atoms with E-state index < -0.39 is 12.1 Å². The summed E-state index contributed by atoms with van der Waals surface area (Å²) in [6, 6.07) is 11.6. The van der Waals surface area contributed by atoms with Gasteiger partial charge >= 0.3 is 5.97 Å². The van der Waals surface area contributed by atoms with E-state index in [1.807, 2.05) is 4.90 Å². The lowest BCUT2D eigenvalue weighted by molar-refractivity contribution is -0.143. The zero-order valence-electron chi connectivity index (χ0n) is 20.3. The quantitative estimate of drug-likeness (QED) is 0.444. The van der Waals surface area contributed by atoms with Gasteiger partial charge in [-0.3, -0.25) is 19.3 Å². The number of likely N-dealkylation sites (tertiary alicyclic amines) is 1. The topological polar surface area (TPSA) is 93.2 Å². The minimum absolute atomic E-state index is 0.00291. The second-order valence-electron chi connectivity index (χ2n) is 8.91. The molecule has 8 heteroatoms. The SMILES string of the molecule is CCC1CCCCN1C(=O)C(C)OC(=O)c1cc(CN2C(=O)c3ccccc3C2=O)ccc1OC. The van der Waals surface area contributed by atoms with Crippen LogP contribution in [0, 0.1) is 0 Å². The van der Waals surface area contributed by atoms with E-state index in [1.165, 1.54) is 13.2 Å². The van der Waals surface area contributed by atoms with Crippen molar-refractivity contribution in [2.24, 2.45) is 0 Å². The number of fused-ring (bicyclic) bond motifs is 1. The molecule has 0 aromatic heterocycles. The minimum atomic E-state index is -0.945. The molecule has 8 nitrogen and oxygen atoms in total. The molecule has 2 aliphatic rings. The second kappa shape index (κ2) is 10.3. The number of piperidine rings is 1. The number of nitrogens with zero attached hydrogens (tertiary/aromatic N) is 2. The molecule has 0 bridgehead atoms. The first-order valence-electron chi connectivity index (χ1n) is 12.0. The molecule has 1 fully saturated rings. The van der Waals surface area contributed by atoms with E-state index in [-0.39, 0.29) is 41.6 Å². The lowest BCUT2D eigenvalue weighted by Crippen LogP contribution is -2.48. The third-order valence-electron chi connectivity index (χ3n) is 6.72. The Morgan fingerprint density at radius 3 is 2.37 bits per heavy atom. The van der Waals surface area contributed by atoms with Gasteiger partial charge in [-0.05, 0) is 62.4 Å². The van der Waals surface area contributed by atoms with Crippen LogP contribution in [0.5, 0.6) is 5.75 Å². The van der Waals surface area contributed by atoms with Crippen LogP contribution < -0.4 is 4.74 Å². The van der Waals surface area contributed by atoms with Gasteiger partial charge in [0.2, 0.25) is 0 Å². The summed E-state index contributed by atoms with van der Waals surface area (Å²) < 4.78 is 10.9. The summed E-state index contributed by atoms with van der Waals surface area (Å²) >= 11 is 0. The van der Waals surface area contributed by atoms with E-state index in [1.54, 1.807) is 43.3 Å². The maximum absolute atomic E-state index is 13.0. The fraction of sp³-hybridized carbons (Fsp3) is 0.407. The Morgan fingerprint density at radius 2 is 1.74 bits per heavy atom. The summed E-state index contributed by atoms with van der Waals surface area (Å²) in [7, 11) is 1.43. The third-order valence-corrected chi connectivity index (χ3v) is 6.72. The Labute approximate surface area is 204 Å². The number of carbonyl (C=O) groups excluding carboxylic acids is 4. The van der Waals surface area contributed by atoms with Crippen molar-refractivity contribution < 1.29 is 28.7 Å². The Hall–Kier alpha value is -3.68. The Kier molecular flexibility index (Phi) is 7.19. The highest BCUT2D eigenvalue weighted by Crippen LogP contribution is 2.27. The number of imide groups is 1. The van der Waals surface area contributed by atoms with Crippen LogP contribution in [0.4, 0.5) is 0 Å². The molecule has 0 aliphatic carbocycles. The third kappa shape index (κ3) is 4.78. The average Bonchev–Trinajstić information content (AvgIpc) is 3.13. The molecule has 2 heterocycles. The van der Waals surface area contributed by atoms with E-state index in [4.69, 9.17) is 9.47 Å². The van der Waals surface area contributed by atoms with Gasteiger partial charge in [-0.25, -0.2) is 4.79 Å². The van der Waals surface area contributed by atoms with Gasteiger partial charge in [-0.2, -0.15) is 0 Å². The van der Waals surface area contributed by atoms with Crippen LogP contribution in [0.25, 0.3) is 0 Å². The molecule has 184 valence electrons. The highest BCUT2D eigenvalue weighted by Gasteiger charge is 2.35. The van der Waals surface area contributed by atoms with Crippen molar-refractivity contribution in [2.75, 3.05) is 13.7 Å². The summed E-state index contributed by atoms with van der Waals surface area (Å²) in [5.74, 6) is -1.37. The van der Waals surface area contributed by atoms with Crippen molar-refractivity contribution in [2.45, 2.75) is 58.2 Å². The first kappa shape index (κ1) is 24.4. The van der Waals surface area contributed by atoms with Crippen molar-refractivity contribution in [1.29, 1.82) is 0 Å². The van der Waals surface area contributed by atoms with Crippen molar-refractivity contribution in [3.63, 3.8) is 0 Å². The summed E-state index contributed by atoms with van der Waals surface area (Å²) in [6.07, 6.45) is 2.90. The molecule has 4 rings (SSSR count). The van der Waals surface area contributed by atoms with E-state index in [9.17, 15) is 19.2 Å². The molecule has 2 atom stereocenters. The van der Waals surface area contributed by atoms with Crippen LogP contribution in [0.1, 0.15) is 76.2 Å². The lowest BCUT2D eigenvalue weighted by Gasteiger charge is -2.36. The van der Waals surface area contributed by atoms with Crippen LogP contribution >= 0.6 is 0 Å². The Morgan fingerprint density at radius 1 is 1.06 bits per heavy atom. The summed E-state index contributed by atoms with van der Waals surface area (Å²) in [5, 5.41) is 0. The molecular formula is C27H30N2O6. The molecular weight excluding hydrogens is 448 g/mol. The van der Waals surface area contributed by atoms with Gasteiger partial charge in [-0.1, -0.05) is 25.1 Å². The van der Waals surface area contributed by atoms with Crippen LogP contribution in [0.2, 0.25) is 0 Å². The largest absolute Gasteiger partial charge is 0.496 e. The highest BCUT2D eigenvalue weighted by atomic mass is 16.5. The number of rotatable bonds is 7. The van der Waals surface area contributed by atoms with Gasteiger partial charge in [0.25, 0.3) is 17.7 Å². The first-order valence-corrected chi connectivity index (χ1v) is 12.0. The van der Waals surface area contributed by atoms with E-state index >= 15 is 0 Å². The van der Waals surface area contributed by atoms with Gasteiger partial charge in [-0.15, -0.1) is 0 Å². The van der Waals surface area contributed by atoms with Crippen LogP contribution in [0.3, 0.4) is 0 Å². The predicted octanol–water partition coefficient (Wildman–Crippen LogP) is 3.83. The van der Waals surface area contributed by atoms with Crippen LogP contribution in [-0.4, -0.2) is 59.3 Å². The summed E-state index contributed by atoms with van der Waals surface area (Å²) in [5.41, 5.74) is 1.42. The lowest BCUT2D eigenvalue weighted by atomic mass is 9.99. The summed E-state index contributed by atoms with van der Waals surface area (Å²) in [4.78, 5) is 54.5. The van der Waals surface area contributed by atoms with Gasteiger partial charge in [0.15, 0.2) is 6.10 Å². The predicted molar refractivity (Wildman–Crippen MR) is 128 cm³/mol. The molecule has 0 radical (unpaired) electrons. The Bertz CT molecular complexity index is 1130. The molecule has 35 heavy (non-hydrogen) atoms. The second-order valence-corrected chi connectivity index (χ2v) is 8.91. The van der Waals surface area contributed by atoms with Crippen LogP contribution in [0.15, 0.2) is 42.5 Å². The number of amides is 3. The monoisotopic (exact) mass is 478 g/mol. The van der Waals surface area contributed by atoms with Crippen molar-refractivity contribution in [1.82, 2.24) is 9.80 Å². The normalized spacial score (nSPS) is 18.3. The molecule has 0 saturated carbocycles. The molecule has 2 aliphatic heterocycles. The molecule has 0 spiro atoms. The fourth-order valence-corrected chi connectivity index (χ4v) is 4.80. The molecule has 2 unspecified atom stereocenters. The first-order chi connectivity index (χ1) is 16.8. The van der Waals surface area contributed by atoms with Crippen LogP contribution in [-0.2, 0) is 16.1 Å². The van der Waals surface area contributed by atoms with E-state index in [0.29, 0.717) is 23.2 Å². The van der Waals surface area contributed by atoms with E-state index in [2.05, 4.69) is 6.92 Å².